The van der Waals surface area contributed by atoms with Crippen LogP contribution in [0.15, 0.2) is 34.3 Å². The van der Waals surface area contributed by atoms with Crippen molar-refractivity contribution in [2.75, 3.05) is 13.2 Å². The van der Waals surface area contributed by atoms with Gasteiger partial charge in [0.2, 0.25) is 0 Å². The van der Waals surface area contributed by atoms with E-state index in [1.54, 1.807) is 6.08 Å². The summed E-state index contributed by atoms with van der Waals surface area (Å²) >= 11 is 8.96. The van der Waals surface area contributed by atoms with E-state index < -0.39 is 0 Å². The van der Waals surface area contributed by atoms with Gasteiger partial charge in [-0.25, -0.2) is 0 Å². The van der Waals surface area contributed by atoms with Gasteiger partial charge >= 0.3 is 0 Å². The topological polar surface area (TPSA) is 21.3 Å². The molecule has 1 rings (SSSR count). The van der Waals surface area contributed by atoms with Gasteiger partial charge in [0.05, 0.1) is 0 Å². The van der Waals surface area contributed by atoms with Gasteiger partial charge in [-0.15, -0.1) is 0 Å². The molecule has 1 N–H and O–H groups in total. The third-order valence-corrected chi connectivity index (χ3v) is 3.15. The van der Waals surface area contributed by atoms with E-state index in [0.29, 0.717) is 6.61 Å². The Morgan fingerprint density at radius 3 is 3.00 bits per heavy atom. The molecule has 0 unspecified atom stereocenters. The third-order valence-electron chi connectivity index (χ3n) is 2.19. The molecule has 0 radical (unpaired) electrons. The maximum atomic E-state index is 5.53. The maximum absolute atomic E-state index is 5.53. The van der Waals surface area contributed by atoms with E-state index in [1.807, 2.05) is 18.2 Å². The van der Waals surface area contributed by atoms with Crippen molar-refractivity contribution in [3.63, 3.8) is 0 Å². The van der Waals surface area contributed by atoms with Gasteiger partial charge in [-0.1, -0.05) is 34.5 Å². The van der Waals surface area contributed by atoms with Crippen molar-refractivity contribution < 1.29 is 4.74 Å². The third kappa shape index (κ3) is 5.57. The Morgan fingerprint density at radius 2 is 2.29 bits per heavy atom. The van der Waals surface area contributed by atoms with Crippen molar-refractivity contribution in [3.8, 4) is 5.75 Å². The lowest BCUT2D eigenvalue weighted by atomic mass is 10.2. The monoisotopic (exact) mass is 317 g/mol. The van der Waals surface area contributed by atoms with Crippen molar-refractivity contribution in [3.05, 3.63) is 39.8 Å². The van der Waals surface area contributed by atoms with Crippen LogP contribution in [0.4, 0.5) is 0 Å². The minimum atomic E-state index is 0.493. The first-order chi connectivity index (χ1) is 8.27. The Kier molecular flexibility index (Phi) is 7.33. The van der Waals surface area contributed by atoms with Gasteiger partial charge in [0.25, 0.3) is 0 Å². The van der Waals surface area contributed by atoms with Crippen LogP contribution in [0.3, 0.4) is 0 Å². The Morgan fingerprint density at radius 1 is 1.47 bits per heavy atom. The molecular formula is C13H17BrClNO. The molecule has 17 heavy (non-hydrogen) atoms. The molecule has 2 nitrogen and oxygen atoms in total. The zero-order valence-electron chi connectivity index (χ0n) is 9.88. The van der Waals surface area contributed by atoms with Gasteiger partial charge in [0.15, 0.2) is 0 Å². The highest BCUT2D eigenvalue weighted by Crippen LogP contribution is 2.22. The second-order valence-corrected chi connectivity index (χ2v) is 4.71. The first-order valence-corrected chi connectivity index (χ1v) is 6.88. The largest absolute Gasteiger partial charge is 0.489 e. The van der Waals surface area contributed by atoms with E-state index in [2.05, 4.69) is 28.2 Å². The number of ether oxygens (including phenoxy) is 1. The highest BCUT2D eigenvalue weighted by Gasteiger charge is 2.01. The number of halogens is 2. The molecule has 0 bridgehead atoms. The van der Waals surface area contributed by atoms with Gasteiger partial charge in [-0.3, -0.25) is 0 Å². The molecular weight excluding hydrogens is 302 g/mol. The normalized spacial score (nSPS) is 11.0. The fraction of sp³-hybridized carbons (Fsp3) is 0.385. The van der Waals surface area contributed by atoms with Crippen LogP contribution in [0.25, 0.3) is 0 Å². The van der Waals surface area contributed by atoms with Gasteiger partial charge in [-0.2, -0.15) is 0 Å². The second-order valence-electron chi connectivity index (χ2n) is 3.60. The summed E-state index contributed by atoms with van der Waals surface area (Å²) in [6, 6.07) is 5.98. The summed E-state index contributed by atoms with van der Waals surface area (Å²) in [5, 5.41) is 3.37. The molecule has 0 aliphatic heterocycles. The minimum absolute atomic E-state index is 0.493. The summed E-state index contributed by atoms with van der Waals surface area (Å²) < 4.78 is 6.63. The lowest BCUT2D eigenvalue weighted by Crippen LogP contribution is -2.14. The molecule has 1 aromatic carbocycles. The standard InChI is InChI=1S/C13H17BrClNO/c1-2-7-16-10-11-9-12(4-5-13(11)14)17-8-3-6-15/h3-6,9,16H,2,7-8,10H2,1H3/b6-3+. The number of nitrogens with one attached hydrogen (secondary N) is 1. The van der Waals surface area contributed by atoms with Crippen LogP contribution >= 0.6 is 27.5 Å². The first kappa shape index (κ1) is 14.6. The average molecular weight is 319 g/mol. The van der Waals surface area contributed by atoms with E-state index >= 15 is 0 Å². The average Bonchev–Trinajstić information content (AvgIpc) is 2.33. The fourth-order valence-corrected chi connectivity index (χ4v) is 1.82. The second kappa shape index (κ2) is 8.56. The molecule has 94 valence electrons. The molecule has 0 aromatic heterocycles. The number of hydrogen-bond donors (Lipinski definition) is 1. The van der Waals surface area contributed by atoms with Crippen molar-refractivity contribution >= 4 is 27.5 Å². The summed E-state index contributed by atoms with van der Waals surface area (Å²) in [6.45, 7) is 4.51. The SMILES string of the molecule is CCCNCc1cc(OC/C=C/Cl)ccc1Br. The summed E-state index contributed by atoms with van der Waals surface area (Å²) in [6.07, 6.45) is 2.90. The highest BCUT2D eigenvalue weighted by atomic mass is 79.9. The summed E-state index contributed by atoms with van der Waals surface area (Å²) in [5.74, 6) is 0.858. The smallest absolute Gasteiger partial charge is 0.120 e. The summed E-state index contributed by atoms with van der Waals surface area (Å²) in [5.41, 5.74) is 2.66. The van der Waals surface area contributed by atoms with Crippen LogP contribution in [0.2, 0.25) is 0 Å². The van der Waals surface area contributed by atoms with Crippen LogP contribution in [-0.2, 0) is 6.54 Å². The molecule has 0 aliphatic rings. The molecule has 0 aliphatic carbocycles. The highest BCUT2D eigenvalue weighted by molar-refractivity contribution is 9.10. The molecule has 0 spiro atoms. The Balaban J connectivity index is 2.58. The van der Waals surface area contributed by atoms with Gasteiger partial charge in [-0.05, 0) is 42.8 Å². The molecule has 0 atom stereocenters. The van der Waals surface area contributed by atoms with Gasteiger partial charge < -0.3 is 10.1 Å². The van der Waals surface area contributed by atoms with E-state index in [0.717, 1.165) is 29.7 Å². The van der Waals surface area contributed by atoms with Crippen molar-refractivity contribution in [1.82, 2.24) is 5.32 Å². The molecule has 0 saturated heterocycles. The van der Waals surface area contributed by atoms with Crippen LogP contribution < -0.4 is 10.1 Å². The number of rotatable bonds is 7. The van der Waals surface area contributed by atoms with Crippen molar-refractivity contribution in [2.45, 2.75) is 19.9 Å². The number of hydrogen-bond acceptors (Lipinski definition) is 2. The summed E-state index contributed by atoms with van der Waals surface area (Å²) in [7, 11) is 0. The van der Waals surface area contributed by atoms with Crippen LogP contribution in [0, 0.1) is 0 Å². The minimum Gasteiger partial charge on any atom is -0.489 e. The van der Waals surface area contributed by atoms with Crippen LogP contribution in [0.1, 0.15) is 18.9 Å². The predicted octanol–water partition coefficient (Wildman–Crippen LogP) is 4.08. The first-order valence-electron chi connectivity index (χ1n) is 5.65. The molecule has 1 aromatic rings. The molecule has 4 heteroatoms. The summed E-state index contributed by atoms with van der Waals surface area (Å²) in [4.78, 5) is 0. The van der Waals surface area contributed by atoms with E-state index in [1.165, 1.54) is 11.1 Å². The maximum Gasteiger partial charge on any atom is 0.120 e. The zero-order valence-corrected chi connectivity index (χ0v) is 12.2. The lowest BCUT2D eigenvalue weighted by Gasteiger charge is -2.09. The Labute approximate surface area is 116 Å². The van der Waals surface area contributed by atoms with E-state index in [4.69, 9.17) is 16.3 Å². The van der Waals surface area contributed by atoms with Crippen LogP contribution in [0.5, 0.6) is 5.75 Å². The number of benzene rings is 1. The van der Waals surface area contributed by atoms with Crippen molar-refractivity contribution in [1.29, 1.82) is 0 Å². The zero-order chi connectivity index (χ0) is 12.5. The predicted molar refractivity (Wildman–Crippen MR) is 76.6 cm³/mol. The molecule has 0 saturated carbocycles. The Bertz CT molecular complexity index is 368. The molecule has 0 fully saturated rings. The van der Waals surface area contributed by atoms with E-state index in [-0.39, 0.29) is 0 Å². The Hall–Kier alpha value is -0.510. The quantitative estimate of drug-likeness (QED) is 0.765. The van der Waals surface area contributed by atoms with Gasteiger partial charge in [0, 0.05) is 16.6 Å². The fourth-order valence-electron chi connectivity index (χ4n) is 1.36. The lowest BCUT2D eigenvalue weighted by molar-refractivity contribution is 0.362. The van der Waals surface area contributed by atoms with Crippen LogP contribution in [-0.4, -0.2) is 13.2 Å². The van der Waals surface area contributed by atoms with Crippen molar-refractivity contribution in [2.24, 2.45) is 0 Å². The van der Waals surface area contributed by atoms with E-state index in [9.17, 15) is 0 Å². The molecule has 0 amide bonds. The molecule has 0 heterocycles. The van der Waals surface area contributed by atoms with Gasteiger partial charge in [0.1, 0.15) is 12.4 Å².